The molecule has 0 saturated heterocycles. The summed E-state index contributed by atoms with van der Waals surface area (Å²) in [4.78, 5) is 26.8. The normalized spacial score (nSPS) is 11.3. The third-order valence-corrected chi connectivity index (χ3v) is 3.77. The van der Waals surface area contributed by atoms with Crippen LogP contribution in [-0.4, -0.2) is 15.5 Å². The van der Waals surface area contributed by atoms with Gasteiger partial charge >= 0.3 is 11.9 Å². The molecule has 0 fully saturated rings. The first-order valence-electron chi connectivity index (χ1n) is 7.66. The summed E-state index contributed by atoms with van der Waals surface area (Å²) < 4.78 is 40.3. The van der Waals surface area contributed by atoms with Gasteiger partial charge in [-0.1, -0.05) is 42.5 Å². The van der Waals surface area contributed by atoms with Gasteiger partial charge in [0.25, 0.3) is 5.91 Å². The van der Waals surface area contributed by atoms with Gasteiger partial charge in [-0.05, 0) is 17.7 Å². The van der Waals surface area contributed by atoms with Crippen molar-refractivity contribution in [3.05, 3.63) is 88.1 Å². The smallest absolute Gasteiger partial charge is 0.320 e. The van der Waals surface area contributed by atoms with E-state index >= 15 is 0 Å². The van der Waals surface area contributed by atoms with Gasteiger partial charge in [-0.2, -0.15) is 13.2 Å². The molecule has 0 bridgehead atoms. The van der Waals surface area contributed by atoms with Crippen LogP contribution in [0.2, 0.25) is 0 Å². The van der Waals surface area contributed by atoms with E-state index in [1.165, 1.54) is 22.9 Å². The van der Waals surface area contributed by atoms with Crippen LogP contribution in [0.15, 0.2) is 65.6 Å². The molecule has 3 aromatic rings. The number of rotatable bonds is 4. The first-order chi connectivity index (χ1) is 12.4. The maximum atomic E-state index is 13.1. The number of para-hydroxylation sites is 1. The molecule has 0 aliphatic heterocycles. The lowest BCUT2D eigenvalue weighted by Gasteiger charge is -2.14. The van der Waals surface area contributed by atoms with Gasteiger partial charge in [0.2, 0.25) is 0 Å². The van der Waals surface area contributed by atoms with Gasteiger partial charge in [0.1, 0.15) is 5.69 Å². The van der Waals surface area contributed by atoms with E-state index in [0.717, 1.165) is 17.7 Å². The molecule has 0 aliphatic rings. The largest absolute Gasteiger partial charge is 0.418 e. The lowest BCUT2D eigenvalue weighted by atomic mass is 10.1. The number of hydrogen-bond acceptors (Lipinski definition) is 2. The highest BCUT2D eigenvalue weighted by atomic mass is 19.4. The van der Waals surface area contributed by atoms with Gasteiger partial charge in [-0.3, -0.25) is 9.36 Å². The number of carbonyl (C=O) groups excluding carboxylic acids is 1. The van der Waals surface area contributed by atoms with Crippen LogP contribution in [0.4, 0.5) is 18.9 Å². The Morgan fingerprint density at radius 2 is 1.69 bits per heavy atom. The summed E-state index contributed by atoms with van der Waals surface area (Å²) in [6, 6.07) is 13.6. The average molecular weight is 361 g/mol. The van der Waals surface area contributed by atoms with Crippen LogP contribution in [-0.2, 0) is 12.7 Å². The SMILES string of the molecule is O=C(Nc1ccccc1C(F)(F)F)c1c[nH]c(=O)n1Cc1ccccc1. The maximum absolute atomic E-state index is 13.1. The molecule has 1 aromatic heterocycles. The van der Waals surface area contributed by atoms with Crippen LogP contribution in [0, 0.1) is 0 Å². The van der Waals surface area contributed by atoms with Crippen molar-refractivity contribution in [3.63, 3.8) is 0 Å². The summed E-state index contributed by atoms with van der Waals surface area (Å²) in [5.74, 6) is -0.809. The molecule has 0 saturated carbocycles. The molecule has 134 valence electrons. The van der Waals surface area contributed by atoms with Crippen LogP contribution >= 0.6 is 0 Å². The second-order valence-corrected chi connectivity index (χ2v) is 5.55. The first-order valence-corrected chi connectivity index (χ1v) is 7.66. The standard InChI is InChI=1S/C18H14F3N3O2/c19-18(20,21)13-8-4-5-9-14(13)23-16(25)15-10-22-17(26)24(15)11-12-6-2-1-3-7-12/h1-10H,11H2,(H,22,26)(H,23,25). The number of hydrogen-bond donors (Lipinski definition) is 2. The number of benzene rings is 2. The molecule has 5 nitrogen and oxygen atoms in total. The Kier molecular flexibility index (Phi) is 4.66. The molecular formula is C18H14F3N3O2. The topological polar surface area (TPSA) is 66.9 Å². The molecule has 8 heteroatoms. The van der Waals surface area contributed by atoms with Crippen molar-refractivity contribution in [2.24, 2.45) is 0 Å². The number of aromatic nitrogens is 2. The molecule has 2 N–H and O–H groups in total. The van der Waals surface area contributed by atoms with Crippen LogP contribution in [0.25, 0.3) is 0 Å². The van der Waals surface area contributed by atoms with Gasteiger partial charge in [-0.25, -0.2) is 4.79 Å². The summed E-state index contributed by atoms with van der Waals surface area (Å²) in [5.41, 5.74) is -1.14. The van der Waals surface area contributed by atoms with Crippen molar-refractivity contribution < 1.29 is 18.0 Å². The number of H-pyrrole nitrogens is 1. The molecule has 0 unspecified atom stereocenters. The maximum Gasteiger partial charge on any atom is 0.418 e. The number of amides is 1. The minimum atomic E-state index is -4.61. The Bertz CT molecular complexity index is 975. The second-order valence-electron chi connectivity index (χ2n) is 5.55. The van der Waals surface area contributed by atoms with Crippen molar-refractivity contribution in [2.75, 3.05) is 5.32 Å². The molecule has 26 heavy (non-hydrogen) atoms. The Balaban J connectivity index is 1.90. The molecule has 2 aromatic carbocycles. The van der Waals surface area contributed by atoms with E-state index in [-0.39, 0.29) is 17.9 Å². The average Bonchev–Trinajstić information content (AvgIpc) is 2.96. The predicted molar refractivity (Wildman–Crippen MR) is 90.0 cm³/mol. The first kappa shape index (κ1) is 17.5. The quantitative estimate of drug-likeness (QED) is 0.747. The number of anilines is 1. The minimum Gasteiger partial charge on any atom is -0.320 e. The van der Waals surface area contributed by atoms with Gasteiger partial charge in [0.05, 0.1) is 17.8 Å². The monoisotopic (exact) mass is 361 g/mol. The number of alkyl halides is 3. The Hall–Kier alpha value is -3.29. The van der Waals surface area contributed by atoms with Gasteiger partial charge in [0, 0.05) is 6.20 Å². The second kappa shape index (κ2) is 6.91. The summed E-state index contributed by atoms with van der Waals surface area (Å²) >= 11 is 0. The molecule has 0 atom stereocenters. The molecule has 3 rings (SSSR count). The summed E-state index contributed by atoms with van der Waals surface area (Å²) in [5, 5.41) is 2.23. The van der Waals surface area contributed by atoms with Gasteiger partial charge in [0.15, 0.2) is 0 Å². The van der Waals surface area contributed by atoms with E-state index in [1.807, 2.05) is 6.07 Å². The highest BCUT2D eigenvalue weighted by Gasteiger charge is 2.33. The van der Waals surface area contributed by atoms with Crippen LogP contribution in [0.5, 0.6) is 0 Å². The fraction of sp³-hybridized carbons (Fsp3) is 0.111. The van der Waals surface area contributed by atoms with Crippen LogP contribution < -0.4 is 11.0 Å². The highest BCUT2D eigenvalue weighted by Crippen LogP contribution is 2.34. The highest BCUT2D eigenvalue weighted by molar-refractivity contribution is 6.03. The van der Waals surface area contributed by atoms with Gasteiger partial charge in [-0.15, -0.1) is 0 Å². The Labute approximate surface area is 146 Å². The van der Waals surface area contributed by atoms with Crippen molar-refractivity contribution in [3.8, 4) is 0 Å². The molecule has 1 amide bonds. The molecular weight excluding hydrogens is 347 g/mol. The summed E-state index contributed by atoms with van der Waals surface area (Å²) in [6.07, 6.45) is -3.43. The van der Waals surface area contributed by atoms with E-state index in [9.17, 15) is 22.8 Å². The molecule has 1 heterocycles. The summed E-state index contributed by atoms with van der Waals surface area (Å²) in [7, 11) is 0. The fourth-order valence-corrected chi connectivity index (χ4v) is 2.53. The number of nitrogens with one attached hydrogen (secondary N) is 2. The number of imidazole rings is 1. The predicted octanol–water partition coefficient (Wildman–Crippen LogP) is 3.50. The van der Waals surface area contributed by atoms with E-state index in [2.05, 4.69) is 10.3 Å². The van der Waals surface area contributed by atoms with Crippen molar-refractivity contribution in [1.82, 2.24) is 9.55 Å². The van der Waals surface area contributed by atoms with Crippen molar-refractivity contribution in [1.29, 1.82) is 0 Å². The Morgan fingerprint density at radius 3 is 2.38 bits per heavy atom. The molecule has 0 aliphatic carbocycles. The molecule has 0 radical (unpaired) electrons. The fourth-order valence-electron chi connectivity index (χ4n) is 2.53. The third-order valence-electron chi connectivity index (χ3n) is 3.77. The zero-order valence-corrected chi connectivity index (χ0v) is 13.4. The number of carbonyl (C=O) groups is 1. The lowest BCUT2D eigenvalue weighted by molar-refractivity contribution is -0.136. The molecule has 0 spiro atoms. The zero-order valence-electron chi connectivity index (χ0n) is 13.4. The van der Waals surface area contributed by atoms with Crippen molar-refractivity contribution in [2.45, 2.75) is 12.7 Å². The zero-order chi connectivity index (χ0) is 18.7. The van der Waals surface area contributed by atoms with Crippen LogP contribution in [0.1, 0.15) is 21.6 Å². The van der Waals surface area contributed by atoms with Crippen LogP contribution in [0.3, 0.4) is 0 Å². The van der Waals surface area contributed by atoms with Crippen molar-refractivity contribution >= 4 is 11.6 Å². The number of halogens is 3. The lowest BCUT2D eigenvalue weighted by Crippen LogP contribution is -2.25. The van der Waals surface area contributed by atoms with E-state index in [4.69, 9.17) is 0 Å². The number of aromatic amines is 1. The number of nitrogens with zero attached hydrogens (tertiary/aromatic N) is 1. The van der Waals surface area contributed by atoms with Gasteiger partial charge < -0.3 is 10.3 Å². The van der Waals surface area contributed by atoms with E-state index in [0.29, 0.717) is 0 Å². The van der Waals surface area contributed by atoms with E-state index in [1.54, 1.807) is 24.3 Å². The Morgan fingerprint density at radius 1 is 1.04 bits per heavy atom. The minimum absolute atomic E-state index is 0.0594. The summed E-state index contributed by atoms with van der Waals surface area (Å²) in [6.45, 7) is 0.118. The van der Waals surface area contributed by atoms with E-state index < -0.39 is 23.3 Å². The third kappa shape index (κ3) is 3.69.